The quantitative estimate of drug-likeness (QED) is 0.480. The average Bonchev–Trinajstić information content (AvgIpc) is 2.21. The molecule has 96 valence electrons. The van der Waals surface area contributed by atoms with Crippen LogP contribution >= 0.6 is 0 Å². The Labute approximate surface area is 102 Å². The fraction of sp³-hybridized carbons (Fsp3) is 0.933. The number of carbonyl (C=O) groups excluding carboxylic acids is 1. The monoisotopic (exact) mass is 226 g/mol. The summed E-state index contributed by atoms with van der Waals surface area (Å²) in [6, 6.07) is 0. The molecule has 0 aromatic rings. The van der Waals surface area contributed by atoms with E-state index in [0.717, 1.165) is 18.8 Å². The molecule has 0 heterocycles. The van der Waals surface area contributed by atoms with Gasteiger partial charge in [0.05, 0.1) is 0 Å². The Morgan fingerprint density at radius 2 is 1.31 bits per heavy atom. The molecule has 0 aromatic carbocycles. The first kappa shape index (κ1) is 15.7. The molecule has 0 spiro atoms. The summed E-state index contributed by atoms with van der Waals surface area (Å²) in [4.78, 5) is 11.4. The summed E-state index contributed by atoms with van der Waals surface area (Å²) in [7, 11) is 0. The second-order valence-corrected chi connectivity index (χ2v) is 5.67. The van der Waals surface area contributed by atoms with Crippen LogP contribution in [0.4, 0.5) is 0 Å². The smallest absolute Gasteiger partial charge is 0.135 e. The van der Waals surface area contributed by atoms with Crippen molar-refractivity contribution in [3.63, 3.8) is 0 Å². The molecule has 0 unspecified atom stereocenters. The highest BCUT2D eigenvalue weighted by Crippen LogP contribution is 2.12. The Bertz CT molecular complexity index is 170. The van der Waals surface area contributed by atoms with Crippen molar-refractivity contribution in [3.8, 4) is 0 Å². The fourth-order valence-electron chi connectivity index (χ4n) is 1.85. The van der Waals surface area contributed by atoms with E-state index in [2.05, 4.69) is 13.8 Å². The predicted octanol–water partition coefficient (Wildman–Crippen LogP) is 4.99. The Morgan fingerprint density at radius 1 is 0.812 bits per heavy atom. The number of Topliss-reactive ketones (excluding diaryl/α,β-unsaturated/α-hetero) is 1. The van der Waals surface area contributed by atoms with Crippen molar-refractivity contribution in [2.24, 2.45) is 11.8 Å². The third-order valence-electron chi connectivity index (χ3n) is 3.10. The molecule has 1 nitrogen and oxygen atoms in total. The van der Waals surface area contributed by atoms with E-state index in [0.29, 0.717) is 5.78 Å². The van der Waals surface area contributed by atoms with E-state index in [1.165, 1.54) is 38.5 Å². The lowest BCUT2D eigenvalue weighted by atomic mass is 10.0. The first-order valence-electron chi connectivity index (χ1n) is 7.06. The van der Waals surface area contributed by atoms with Gasteiger partial charge in [0, 0.05) is 12.3 Å². The SMILES string of the molecule is CC(C)CCCCCCCCC(=O)C(C)C. The Balaban J connectivity index is 3.13. The minimum absolute atomic E-state index is 0.228. The molecule has 0 bridgehead atoms. The van der Waals surface area contributed by atoms with Crippen LogP contribution in [0.25, 0.3) is 0 Å². The van der Waals surface area contributed by atoms with Gasteiger partial charge in [-0.3, -0.25) is 4.79 Å². The third-order valence-corrected chi connectivity index (χ3v) is 3.10. The number of hydrogen-bond donors (Lipinski definition) is 0. The second-order valence-electron chi connectivity index (χ2n) is 5.67. The summed E-state index contributed by atoms with van der Waals surface area (Å²) in [6.45, 7) is 8.57. The summed E-state index contributed by atoms with van der Waals surface area (Å²) in [5, 5.41) is 0. The van der Waals surface area contributed by atoms with Crippen LogP contribution in [0.5, 0.6) is 0 Å². The van der Waals surface area contributed by atoms with Gasteiger partial charge in [0.2, 0.25) is 0 Å². The third kappa shape index (κ3) is 10.2. The van der Waals surface area contributed by atoms with Gasteiger partial charge >= 0.3 is 0 Å². The first-order valence-corrected chi connectivity index (χ1v) is 7.06. The molecule has 0 fully saturated rings. The van der Waals surface area contributed by atoms with Crippen LogP contribution < -0.4 is 0 Å². The van der Waals surface area contributed by atoms with E-state index in [4.69, 9.17) is 0 Å². The van der Waals surface area contributed by atoms with Crippen LogP contribution in [-0.4, -0.2) is 5.78 Å². The molecule has 0 rings (SSSR count). The van der Waals surface area contributed by atoms with Crippen LogP contribution in [0.2, 0.25) is 0 Å². The van der Waals surface area contributed by atoms with Crippen LogP contribution in [0.15, 0.2) is 0 Å². The molecule has 0 saturated carbocycles. The summed E-state index contributed by atoms with van der Waals surface area (Å²) < 4.78 is 0. The zero-order valence-corrected chi connectivity index (χ0v) is 11.7. The molecule has 16 heavy (non-hydrogen) atoms. The van der Waals surface area contributed by atoms with Gasteiger partial charge in [-0.25, -0.2) is 0 Å². The number of ketones is 1. The van der Waals surface area contributed by atoms with Crippen molar-refractivity contribution < 1.29 is 4.79 Å². The van der Waals surface area contributed by atoms with Crippen LogP contribution in [-0.2, 0) is 4.79 Å². The van der Waals surface area contributed by atoms with Gasteiger partial charge in [-0.1, -0.05) is 66.2 Å². The topological polar surface area (TPSA) is 17.1 Å². The lowest BCUT2D eigenvalue weighted by Crippen LogP contribution is -2.05. The Morgan fingerprint density at radius 3 is 1.81 bits per heavy atom. The molecule has 0 saturated heterocycles. The molecule has 0 aliphatic carbocycles. The summed E-state index contributed by atoms with van der Waals surface area (Å²) in [6.07, 6.45) is 9.90. The molecule has 0 atom stereocenters. The largest absolute Gasteiger partial charge is 0.299 e. The highest BCUT2D eigenvalue weighted by molar-refractivity contribution is 5.80. The Hall–Kier alpha value is -0.330. The van der Waals surface area contributed by atoms with Crippen molar-refractivity contribution in [3.05, 3.63) is 0 Å². The van der Waals surface area contributed by atoms with Gasteiger partial charge < -0.3 is 0 Å². The number of rotatable bonds is 10. The highest BCUT2D eigenvalue weighted by atomic mass is 16.1. The van der Waals surface area contributed by atoms with Gasteiger partial charge in [-0.2, -0.15) is 0 Å². The zero-order chi connectivity index (χ0) is 12.4. The maximum Gasteiger partial charge on any atom is 0.135 e. The molecular weight excluding hydrogens is 196 g/mol. The van der Waals surface area contributed by atoms with Crippen molar-refractivity contribution in [2.75, 3.05) is 0 Å². The number of unbranched alkanes of at least 4 members (excludes halogenated alkanes) is 5. The van der Waals surface area contributed by atoms with E-state index >= 15 is 0 Å². The molecule has 0 radical (unpaired) electrons. The van der Waals surface area contributed by atoms with Gasteiger partial charge in [-0.05, 0) is 12.3 Å². The molecule has 0 aliphatic heterocycles. The van der Waals surface area contributed by atoms with E-state index < -0.39 is 0 Å². The summed E-state index contributed by atoms with van der Waals surface area (Å²) in [5.74, 6) is 1.51. The first-order chi connectivity index (χ1) is 7.54. The predicted molar refractivity (Wildman–Crippen MR) is 71.6 cm³/mol. The fourth-order valence-corrected chi connectivity index (χ4v) is 1.85. The van der Waals surface area contributed by atoms with Crippen molar-refractivity contribution >= 4 is 5.78 Å². The van der Waals surface area contributed by atoms with Crippen LogP contribution in [0.3, 0.4) is 0 Å². The lowest BCUT2D eigenvalue weighted by molar-refractivity contribution is -0.122. The van der Waals surface area contributed by atoms with E-state index in [1.807, 2.05) is 13.8 Å². The normalized spacial score (nSPS) is 11.4. The van der Waals surface area contributed by atoms with Crippen LogP contribution in [0, 0.1) is 11.8 Å². The van der Waals surface area contributed by atoms with Gasteiger partial charge in [0.25, 0.3) is 0 Å². The molecule has 0 N–H and O–H groups in total. The summed E-state index contributed by atoms with van der Waals surface area (Å²) in [5.41, 5.74) is 0. The van der Waals surface area contributed by atoms with Crippen molar-refractivity contribution in [1.29, 1.82) is 0 Å². The molecule has 1 heteroatoms. The van der Waals surface area contributed by atoms with Crippen molar-refractivity contribution in [2.45, 2.75) is 79.1 Å². The van der Waals surface area contributed by atoms with E-state index in [9.17, 15) is 4.79 Å². The minimum Gasteiger partial charge on any atom is -0.299 e. The highest BCUT2D eigenvalue weighted by Gasteiger charge is 2.05. The second kappa shape index (κ2) is 9.86. The van der Waals surface area contributed by atoms with Crippen LogP contribution in [0.1, 0.15) is 79.1 Å². The summed E-state index contributed by atoms with van der Waals surface area (Å²) >= 11 is 0. The van der Waals surface area contributed by atoms with E-state index in [1.54, 1.807) is 0 Å². The standard InChI is InChI=1S/C15H30O/c1-13(2)11-9-7-5-6-8-10-12-15(16)14(3)4/h13-14H,5-12H2,1-4H3. The maximum absolute atomic E-state index is 11.4. The van der Waals surface area contributed by atoms with Gasteiger partial charge in [-0.15, -0.1) is 0 Å². The number of carbonyl (C=O) groups is 1. The average molecular weight is 226 g/mol. The Kier molecular flexibility index (Phi) is 9.66. The van der Waals surface area contributed by atoms with Gasteiger partial charge in [0.1, 0.15) is 5.78 Å². The minimum atomic E-state index is 0.228. The molecule has 0 amide bonds. The maximum atomic E-state index is 11.4. The lowest BCUT2D eigenvalue weighted by Gasteiger charge is -2.05. The molecule has 0 aromatic heterocycles. The molecular formula is C15H30O. The number of hydrogen-bond acceptors (Lipinski definition) is 1. The zero-order valence-electron chi connectivity index (χ0n) is 11.7. The van der Waals surface area contributed by atoms with Gasteiger partial charge in [0.15, 0.2) is 0 Å². The molecule has 0 aliphatic rings. The van der Waals surface area contributed by atoms with Crippen molar-refractivity contribution in [1.82, 2.24) is 0 Å². The van der Waals surface area contributed by atoms with E-state index in [-0.39, 0.29) is 5.92 Å².